The third-order valence-corrected chi connectivity index (χ3v) is 3.01. The first-order valence-corrected chi connectivity index (χ1v) is 6.26. The number of benzene rings is 1. The molecule has 5 heteroatoms. The van der Waals surface area contributed by atoms with E-state index in [1.807, 2.05) is 38.1 Å². The highest BCUT2D eigenvalue weighted by Crippen LogP contribution is 2.18. The highest BCUT2D eigenvalue weighted by Gasteiger charge is 2.17. The molecule has 0 spiro atoms. The van der Waals surface area contributed by atoms with E-state index >= 15 is 0 Å². The Hall–Kier alpha value is -1.39. The van der Waals surface area contributed by atoms with Crippen LogP contribution in [-0.4, -0.2) is 10.1 Å². The fourth-order valence-electron chi connectivity index (χ4n) is 1.54. The summed E-state index contributed by atoms with van der Waals surface area (Å²) in [5.74, 6) is 1.41. The van der Waals surface area contributed by atoms with E-state index in [0.717, 1.165) is 10.6 Å². The van der Waals surface area contributed by atoms with Gasteiger partial charge in [0, 0.05) is 11.4 Å². The predicted molar refractivity (Wildman–Crippen MR) is 70.3 cm³/mol. The van der Waals surface area contributed by atoms with Gasteiger partial charge >= 0.3 is 0 Å². The molecular weight excluding hydrogens is 250 g/mol. The normalized spacial score (nSPS) is 12.9. The van der Waals surface area contributed by atoms with E-state index in [0.29, 0.717) is 18.1 Å². The minimum atomic E-state index is -0.212. The van der Waals surface area contributed by atoms with Crippen LogP contribution in [0.5, 0.6) is 0 Å². The van der Waals surface area contributed by atoms with Crippen LogP contribution in [-0.2, 0) is 6.42 Å². The predicted octanol–water partition coefficient (Wildman–Crippen LogP) is 2.97. The van der Waals surface area contributed by atoms with Crippen molar-refractivity contribution in [3.05, 3.63) is 46.6 Å². The van der Waals surface area contributed by atoms with Crippen molar-refractivity contribution in [1.82, 2.24) is 10.1 Å². The number of nitrogens with two attached hydrogens (primary N) is 1. The molecule has 0 aliphatic rings. The smallest absolute Gasteiger partial charge is 0.243 e. The third-order valence-electron chi connectivity index (χ3n) is 2.76. The molecular formula is C13H16ClN3O. The third kappa shape index (κ3) is 3.09. The lowest BCUT2D eigenvalue weighted by atomic mass is 10.1. The average molecular weight is 266 g/mol. The minimum Gasteiger partial charge on any atom is -0.338 e. The second-order valence-electron chi connectivity index (χ2n) is 4.62. The molecule has 2 rings (SSSR count). The van der Waals surface area contributed by atoms with Crippen molar-refractivity contribution >= 4 is 11.6 Å². The summed E-state index contributed by atoms with van der Waals surface area (Å²) in [6.45, 7) is 4.04. The molecule has 0 saturated carbocycles. The Morgan fingerprint density at radius 2 is 1.94 bits per heavy atom. The average Bonchev–Trinajstić information content (AvgIpc) is 2.79. The van der Waals surface area contributed by atoms with E-state index in [-0.39, 0.29) is 12.0 Å². The maximum atomic E-state index is 5.95. The van der Waals surface area contributed by atoms with Crippen molar-refractivity contribution in [2.45, 2.75) is 26.3 Å². The molecule has 1 aromatic carbocycles. The number of nitrogens with zero attached hydrogens (tertiary/aromatic N) is 2. The van der Waals surface area contributed by atoms with Crippen LogP contribution in [0.1, 0.15) is 37.2 Å². The van der Waals surface area contributed by atoms with Gasteiger partial charge in [0.1, 0.15) is 0 Å². The Balaban J connectivity index is 2.09. The first-order chi connectivity index (χ1) is 8.56. The van der Waals surface area contributed by atoms with Crippen LogP contribution in [0.15, 0.2) is 28.8 Å². The van der Waals surface area contributed by atoms with Gasteiger partial charge in [0.15, 0.2) is 5.82 Å². The first-order valence-electron chi connectivity index (χ1n) is 5.89. The topological polar surface area (TPSA) is 64.9 Å². The zero-order chi connectivity index (χ0) is 13.1. The van der Waals surface area contributed by atoms with E-state index < -0.39 is 0 Å². The van der Waals surface area contributed by atoms with Gasteiger partial charge in [-0.15, -0.1) is 0 Å². The molecule has 1 heterocycles. The summed E-state index contributed by atoms with van der Waals surface area (Å²) in [6.07, 6.45) is 0.617. The van der Waals surface area contributed by atoms with Crippen LogP contribution < -0.4 is 5.73 Å². The fraction of sp³-hybridized carbons (Fsp3) is 0.385. The summed E-state index contributed by atoms with van der Waals surface area (Å²) in [5, 5.41) is 4.66. The highest BCUT2D eigenvalue weighted by molar-refractivity contribution is 6.30. The van der Waals surface area contributed by atoms with E-state index in [1.165, 1.54) is 0 Å². The minimum absolute atomic E-state index is 0.212. The van der Waals surface area contributed by atoms with Crippen molar-refractivity contribution in [2.24, 2.45) is 11.7 Å². The molecule has 0 aliphatic heterocycles. The summed E-state index contributed by atoms with van der Waals surface area (Å²) in [5.41, 5.74) is 7.04. The lowest BCUT2D eigenvalue weighted by Gasteiger charge is -2.09. The number of halogens is 1. The van der Waals surface area contributed by atoms with Crippen LogP contribution in [0.4, 0.5) is 0 Å². The lowest BCUT2D eigenvalue weighted by Crippen LogP contribution is -2.17. The van der Waals surface area contributed by atoms with Crippen LogP contribution in [0.25, 0.3) is 0 Å². The summed E-state index contributed by atoms with van der Waals surface area (Å²) < 4.78 is 5.17. The molecule has 0 aliphatic carbocycles. The van der Waals surface area contributed by atoms with E-state index in [2.05, 4.69) is 10.1 Å². The molecule has 0 saturated heterocycles. The maximum absolute atomic E-state index is 5.95. The van der Waals surface area contributed by atoms with Gasteiger partial charge in [-0.05, 0) is 23.6 Å². The van der Waals surface area contributed by atoms with Crippen molar-refractivity contribution in [2.75, 3.05) is 0 Å². The molecule has 0 fully saturated rings. The van der Waals surface area contributed by atoms with Crippen LogP contribution >= 0.6 is 11.6 Å². The Morgan fingerprint density at radius 1 is 1.28 bits per heavy atom. The molecule has 0 amide bonds. The largest absolute Gasteiger partial charge is 0.338 e. The number of rotatable bonds is 4. The Bertz CT molecular complexity index is 507. The van der Waals surface area contributed by atoms with E-state index in [4.69, 9.17) is 21.9 Å². The van der Waals surface area contributed by atoms with Gasteiger partial charge < -0.3 is 10.3 Å². The summed E-state index contributed by atoms with van der Waals surface area (Å²) in [6, 6.07) is 7.37. The molecule has 2 aromatic rings. The Labute approximate surface area is 111 Å². The SMILES string of the molecule is CC(C)C(N)c1nc(Cc2ccc(Cl)cc2)no1. The molecule has 0 radical (unpaired) electrons. The fourth-order valence-corrected chi connectivity index (χ4v) is 1.67. The molecule has 1 aromatic heterocycles. The molecule has 2 N–H and O–H groups in total. The van der Waals surface area contributed by atoms with Gasteiger partial charge in [-0.2, -0.15) is 4.98 Å². The van der Waals surface area contributed by atoms with Gasteiger partial charge in [-0.25, -0.2) is 0 Å². The highest BCUT2D eigenvalue weighted by atomic mass is 35.5. The van der Waals surface area contributed by atoms with Gasteiger partial charge in [0.2, 0.25) is 5.89 Å². The zero-order valence-electron chi connectivity index (χ0n) is 10.4. The number of hydrogen-bond donors (Lipinski definition) is 1. The van der Waals surface area contributed by atoms with E-state index in [1.54, 1.807) is 0 Å². The lowest BCUT2D eigenvalue weighted by molar-refractivity contribution is 0.322. The Morgan fingerprint density at radius 3 is 2.56 bits per heavy atom. The summed E-state index contributed by atoms with van der Waals surface area (Å²) >= 11 is 5.83. The second kappa shape index (κ2) is 5.50. The van der Waals surface area contributed by atoms with Crippen molar-refractivity contribution in [3.8, 4) is 0 Å². The van der Waals surface area contributed by atoms with Crippen LogP contribution in [0.2, 0.25) is 5.02 Å². The summed E-state index contributed by atoms with van der Waals surface area (Å²) in [7, 11) is 0. The van der Waals surface area contributed by atoms with Crippen LogP contribution in [0.3, 0.4) is 0 Å². The maximum Gasteiger partial charge on any atom is 0.243 e. The molecule has 96 valence electrons. The molecule has 1 unspecified atom stereocenters. The molecule has 18 heavy (non-hydrogen) atoms. The quantitative estimate of drug-likeness (QED) is 0.923. The van der Waals surface area contributed by atoms with Gasteiger partial charge in [-0.3, -0.25) is 0 Å². The molecule has 0 bridgehead atoms. The number of hydrogen-bond acceptors (Lipinski definition) is 4. The van der Waals surface area contributed by atoms with Gasteiger partial charge in [0.05, 0.1) is 6.04 Å². The zero-order valence-corrected chi connectivity index (χ0v) is 11.2. The van der Waals surface area contributed by atoms with Crippen molar-refractivity contribution in [3.63, 3.8) is 0 Å². The summed E-state index contributed by atoms with van der Waals surface area (Å²) in [4.78, 5) is 4.31. The standard InChI is InChI=1S/C13H16ClN3O/c1-8(2)12(15)13-16-11(17-18-13)7-9-3-5-10(14)6-4-9/h3-6,8,12H,7,15H2,1-2H3. The van der Waals surface area contributed by atoms with Crippen LogP contribution in [0, 0.1) is 5.92 Å². The molecule has 1 atom stereocenters. The van der Waals surface area contributed by atoms with Gasteiger partial charge in [0.25, 0.3) is 0 Å². The number of aromatic nitrogens is 2. The van der Waals surface area contributed by atoms with Crippen molar-refractivity contribution in [1.29, 1.82) is 0 Å². The van der Waals surface area contributed by atoms with Gasteiger partial charge in [-0.1, -0.05) is 42.7 Å². The van der Waals surface area contributed by atoms with E-state index in [9.17, 15) is 0 Å². The monoisotopic (exact) mass is 265 g/mol. The second-order valence-corrected chi connectivity index (χ2v) is 5.06. The first kappa shape index (κ1) is 13.1. The Kier molecular flexibility index (Phi) is 3.99. The molecule has 4 nitrogen and oxygen atoms in total. The van der Waals surface area contributed by atoms with Crippen molar-refractivity contribution < 1.29 is 4.52 Å².